The van der Waals surface area contributed by atoms with Crippen LogP contribution in [0.1, 0.15) is 34.7 Å². The Labute approximate surface area is 250 Å². The summed E-state index contributed by atoms with van der Waals surface area (Å²) in [4.78, 5) is 6.88. The molecule has 0 bridgehead atoms. The van der Waals surface area contributed by atoms with Gasteiger partial charge in [-0.1, -0.05) is 17.7 Å². The van der Waals surface area contributed by atoms with Crippen molar-refractivity contribution in [1.29, 1.82) is 0 Å². The van der Waals surface area contributed by atoms with Gasteiger partial charge < -0.3 is 24.3 Å². The minimum atomic E-state index is -0.141. The van der Waals surface area contributed by atoms with Crippen molar-refractivity contribution in [2.75, 3.05) is 12.0 Å². The molecule has 0 saturated carbocycles. The van der Waals surface area contributed by atoms with Gasteiger partial charge >= 0.3 is 0 Å². The van der Waals surface area contributed by atoms with Crippen molar-refractivity contribution < 1.29 is 9.47 Å². The lowest BCUT2D eigenvalue weighted by molar-refractivity contribution is 0.413. The maximum atomic E-state index is 6.19. The number of halogens is 1. The SMILES string of the molecule is COc1ccc(Oc2ccc(N3C(=S)N[C@@H](c4ccccn4)[C@@H]3c3cc(C)n(-c4ccc(Cl)cc4)c3C)cc2)cc1. The van der Waals surface area contributed by atoms with Crippen LogP contribution in [-0.2, 0) is 0 Å². The predicted molar refractivity (Wildman–Crippen MR) is 168 cm³/mol. The van der Waals surface area contributed by atoms with E-state index in [1.807, 2.05) is 97.2 Å². The van der Waals surface area contributed by atoms with Crippen LogP contribution >= 0.6 is 23.8 Å². The smallest absolute Gasteiger partial charge is 0.174 e. The Balaban J connectivity index is 1.38. The highest BCUT2D eigenvalue weighted by molar-refractivity contribution is 7.80. The minimum Gasteiger partial charge on any atom is -0.497 e. The Morgan fingerprint density at radius 1 is 0.829 bits per heavy atom. The van der Waals surface area contributed by atoms with Crippen molar-refractivity contribution >= 4 is 34.6 Å². The second-order valence-electron chi connectivity index (χ2n) is 9.91. The summed E-state index contributed by atoms with van der Waals surface area (Å²) in [5.74, 6) is 2.25. The van der Waals surface area contributed by atoms with E-state index in [0.717, 1.165) is 45.7 Å². The van der Waals surface area contributed by atoms with Crippen LogP contribution < -0.4 is 19.7 Å². The Hall–Kier alpha value is -4.33. The highest BCUT2D eigenvalue weighted by atomic mass is 35.5. The van der Waals surface area contributed by atoms with Gasteiger partial charge in [0.15, 0.2) is 5.11 Å². The lowest BCUT2D eigenvalue weighted by Gasteiger charge is -2.28. The maximum absolute atomic E-state index is 6.19. The third-order valence-corrected chi connectivity index (χ3v) is 7.95. The fraction of sp³-hybridized carbons (Fsp3) is 0.152. The molecule has 8 heteroatoms. The van der Waals surface area contributed by atoms with Crippen molar-refractivity contribution in [1.82, 2.24) is 14.9 Å². The van der Waals surface area contributed by atoms with Crippen LogP contribution in [0.25, 0.3) is 5.69 Å². The third kappa shape index (κ3) is 5.26. The number of anilines is 1. The first-order chi connectivity index (χ1) is 19.9. The molecular formula is C33H29ClN4O2S. The fourth-order valence-corrected chi connectivity index (χ4v) is 5.95. The quantitative estimate of drug-likeness (QED) is 0.196. The second kappa shape index (κ2) is 11.3. The molecule has 3 heterocycles. The summed E-state index contributed by atoms with van der Waals surface area (Å²) < 4.78 is 13.6. The number of ether oxygens (including phenoxy) is 2. The minimum absolute atomic E-state index is 0.127. The number of methoxy groups -OCH3 is 1. The summed E-state index contributed by atoms with van der Waals surface area (Å²) in [6, 6.07) is 31.4. The molecule has 1 saturated heterocycles. The fourth-order valence-electron chi connectivity index (χ4n) is 5.48. The molecule has 1 aliphatic rings. The van der Waals surface area contributed by atoms with Gasteiger partial charge in [0, 0.05) is 34.0 Å². The Bertz CT molecular complexity index is 1670. The summed E-state index contributed by atoms with van der Waals surface area (Å²) in [6.45, 7) is 4.27. The average Bonchev–Trinajstić information content (AvgIpc) is 3.49. The van der Waals surface area contributed by atoms with Crippen LogP contribution in [-0.4, -0.2) is 21.8 Å². The topological polar surface area (TPSA) is 51.6 Å². The molecule has 3 aromatic carbocycles. The zero-order chi connectivity index (χ0) is 28.5. The van der Waals surface area contributed by atoms with E-state index < -0.39 is 0 Å². The van der Waals surface area contributed by atoms with Gasteiger partial charge in [-0.05, 0) is 123 Å². The van der Waals surface area contributed by atoms with Gasteiger partial charge in [-0.3, -0.25) is 4.98 Å². The van der Waals surface area contributed by atoms with Crippen LogP contribution in [0.5, 0.6) is 17.2 Å². The molecule has 0 spiro atoms. The van der Waals surface area contributed by atoms with E-state index in [1.54, 1.807) is 7.11 Å². The molecule has 2 atom stereocenters. The third-order valence-electron chi connectivity index (χ3n) is 7.38. The van der Waals surface area contributed by atoms with Crippen LogP contribution in [0.3, 0.4) is 0 Å². The molecule has 2 aromatic heterocycles. The molecule has 1 aliphatic heterocycles. The van der Waals surface area contributed by atoms with Crippen molar-refractivity contribution in [3.63, 3.8) is 0 Å². The first kappa shape index (κ1) is 26.9. The Morgan fingerprint density at radius 2 is 1.46 bits per heavy atom. The van der Waals surface area contributed by atoms with Crippen LogP contribution in [0.4, 0.5) is 5.69 Å². The monoisotopic (exact) mass is 580 g/mol. The number of nitrogens with zero attached hydrogens (tertiary/aromatic N) is 3. The number of hydrogen-bond acceptors (Lipinski definition) is 4. The molecule has 0 unspecified atom stereocenters. The number of benzene rings is 3. The number of nitrogens with one attached hydrogen (secondary N) is 1. The molecule has 41 heavy (non-hydrogen) atoms. The van der Waals surface area contributed by atoms with E-state index in [9.17, 15) is 0 Å². The van der Waals surface area contributed by atoms with Crippen LogP contribution in [0, 0.1) is 13.8 Å². The van der Waals surface area contributed by atoms with Gasteiger partial charge in [0.1, 0.15) is 17.2 Å². The highest BCUT2D eigenvalue weighted by Crippen LogP contribution is 2.44. The van der Waals surface area contributed by atoms with E-state index in [4.69, 9.17) is 38.3 Å². The van der Waals surface area contributed by atoms with E-state index in [1.165, 1.54) is 5.56 Å². The lowest BCUT2D eigenvalue weighted by Crippen LogP contribution is -2.29. The zero-order valence-corrected chi connectivity index (χ0v) is 24.5. The molecule has 0 amide bonds. The number of aromatic nitrogens is 2. The van der Waals surface area contributed by atoms with Gasteiger partial charge in [0.2, 0.25) is 0 Å². The molecule has 1 N–H and O–H groups in total. The van der Waals surface area contributed by atoms with Gasteiger partial charge in [-0.2, -0.15) is 0 Å². The molecule has 206 valence electrons. The number of hydrogen-bond donors (Lipinski definition) is 1. The zero-order valence-electron chi connectivity index (χ0n) is 22.9. The van der Waals surface area contributed by atoms with Gasteiger partial charge in [0.05, 0.1) is 24.9 Å². The summed E-state index contributed by atoms with van der Waals surface area (Å²) in [6.07, 6.45) is 1.82. The molecule has 1 fully saturated rings. The molecular weight excluding hydrogens is 552 g/mol. The second-order valence-corrected chi connectivity index (χ2v) is 10.7. The van der Waals surface area contributed by atoms with Crippen LogP contribution in [0.2, 0.25) is 5.02 Å². The number of thiocarbonyl (C=S) groups is 1. The first-order valence-corrected chi connectivity index (χ1v) is 14.1. The van der Waals surface area contributed by atoms with E-state index >= 15 is 0 Å². The Morgan fingerprint density at radius 3 is 2.10 bits per heavy atom. The molecule has 5 aromatic rings. The highest BCUT2D eigenvalue weighted by Gasteiger charge is 2.42. The first-order valence-electron chi connectivity index (χ1n) is 13.3. The summed E-state index contributed by atoms with van der Waals surface area (Å²) in [5.41, 5.74) is 6.37. The van der Waals surface area contributed by atoms with E-state index in [0.29, 0.717) is 10.1 Å². The standard InChI is InChI=1S/C33H29ClN4O2S/c1-21-20-29(22(2)37(21)24-9-7-23(34)8-10-24)32-31(30-6-4-5-19-35-30)36-33(41)38(32)25-11-13-27(14-12-25)40-28-17-15-26(39-3)16-18-28/h4-20,31-32H,1-3H3,(H,36,41)/t31-,32-/m0/s1. The van der Waals surface area contributed by atoms with E-state index in [-0.39, 0.29) is 12.1 Å². The summed E-state index contributed by atoms with van der Waals surface area (Å²) >= 11 is 12.1. The Kier molecular flexibility index (Phi) is 7.39. The molecule has 6 rings (SSSR count). The van der Waals surface area contributed by atoms with Gasteiger partial charge in [0.25, 0.3) is 0 Å². The molecule has 0 radical (unpaired) electrons. The lowest BCUT2D eigenvalue weighted by atomic mass is 9.96. The normalized spacial score (nSPS) is 16.5. The summed E-state index contributed by atoms with van der Waals surface area (Å²) in [5, 5.41) is 4.92. The van der Waals surface area contributed by atoms with Crippen molar-refractivity contribution in [3.8, 4) is 22.9 Å². The maximum Gasteiger partial charge on any atom is 0.174 e. The van der Waals surface area contributed by atoms with E-state index in [2.05, 4.69) is 34.7 Å². The van der Waals surface area contributed by atoms with Crippen LogP contribution in [0.15, 0.2) is 103 Å². The molecule has 6 nitrogen and oxygen atoms in total. The van der Waals surface area contributed by atoms with Gasteiger partial charge in [-0.25, -0.2) is 0 Å². The van der Waals surface area contributed by atoms with Crippen molar-refractivity contribution in [2.45, 2.75) is 25.9 Å². The van der Waals surface area contributed by atoms with Gasteiger partial charge in [-0.15, -0.1) is 0 Å². The number of aryl methyl sites for hydroxylation is 1. The molecule has 0 aliphatic carbocycles. The predicted octanol–water partition coefficient (Wildman–Crippen LogP) is 8.12. The number of rotatable bonds is 7. The van der Waals surface area contributed by atoms with Crippen molar-refractivity contribution in [3.05, 3.63) is 131 Å². The number of pyridine rings is 1. The van der Waals surface area contributed by atoms with Crippen molar-refractivity contribution in [2.24, 2.45) is 0 Å². The summed E-state index contributed by atoms with van der Waals surface area (Å²) in [7, 11) is 1.65. The average molecular weight is 581 g/mol. The largest absolute Gasteiger partial charge is 0.497 e.